The minimum absolute atomic E-state index is 0.00440. The maximum Gasteiger partial charge on any atom is 0.220 e. The van der Waals surface area contributed by atoms with Gasteiger partial charge in [0, 0.05) is 6.42 Å². The highest BCUT2D eigenvalue weighted by Gasteiger charge is 2.12. The van der Waals surface area contributed by atoms with Gasteiger partial charge in [-0.2, -0.15) is 0 Å². The largest absolute Gasteiger partial charge is 0.394 e. The molecular formula is C13H19NO2. The molecule has 0 aliphatic rings. The quantitative estimate of drug-likeness (QED) is 0.772. The summed E-state index contributed by atoms with van der Waals surface area (Å²) in [7, 11) is 0. The number of benzene rings is 1. The van der Waals surface area contributed by atoms with Gasteiger partial charge >= 0.3 is 0 Å². The fourth-order valence-electron chi connectivity index (χ4n) is 1.52. The van der Waals surface area contributed by atoms with Crippen molar-refractivity contribution in [1.29, 1.82) is 0 Å². The maximum absolute atomic E-state index is 11.5. The highest BCUT2D eigenvalue weighted by molar-refractivity contribution is 5.76. The summed E-state index contributed by atoms with van der Waals surface area (Å²) < 4.78 is 0. The molecule has 0 saturated heterocycles. The van der Waals surface area contributed by atoms with E-state index in [0.717, 1.165) is 18.4 Å². The molecule has 0 unspecified atom stereocenters. The second-order valence-electron chi connectivity index (χ2n) is 3.82. The molecule has 1 aromatic rings. The van der Waals surface area contributed by atoms with Crippen molar-refractivity contribution in [3.8, 4) is 0 Å². The van der Waals surface area contributed by atoms with Gasteiger partial charge in [-0.25, -0.2) is 0 Å². The Hall–Kier alpha value is -1.35. The topological polar surface area (TPSA) is 49.3 Å². The number of carbonyl (C=O) groups excluding carboxylic acids is 1. The van der Waals surface area contributed by atoms with Gasteiger partial charge in [0.15, 0.2) is 0 Å². The molecule has 0 fully saturated rings. The van der Waals surface area contributed by atoms with Gasteiger partial charge in [0.25, 0.3) is 0 Å². The number of unbranched alkanes of at least 4 members (excludes halogenated alkanes) is 1. The number of aliphatic hydroxyl groups excluding tert-OH is 1. The van der Waals surface area contributed by atoms with Crippen molar-refractivity contribution in [2.45, 2.75) is 32.2 Å². The Labute approximate surface area is 96.5 Å². The van der Waals surface area contributed by atoms with Crippen LogP contribution in [0.1, 0.15) is 37.8 Å². The van der Waals surface area contributed by atoms with Crippen LogP contribution in [-0.2, 0) is 4.79 Å². The molecule has 1 atom stereocenters. The van der Waals surface area contributed by atoms with Gasteiger partial charge < -0.3 is 10.4 Å². The van der Waals surface area contributed by atoms with E-state index in [0.29, 0.717) is 6.42 Å². The molecule has 3 heteroatoms. The van der Waals surface area contributed by atoms with E-state index in [2.05, 4.69) is 5.32 Å². The molecule has 0 aromatic heterocycles. The predicted octanol–water partition coefficient (Wildman–Crippen LogP) is 2.03. The van der Waals surface area contributed by atoms with Crippen LogP contribution in [0.25, 0.3) is 0 Å². The van der Waals surface area contributed by atoms with Crippen molar-refractivity contribution in [2.24, 2.45) is 0 Å². The number of nitrogens with one attached hydrogen (secondary N) is 1. The van der Waals surface area contributed by atoms with E-state index in [-0.39, 0.29) is 18.6 Å². The van der Waals surface area contributed by atoms with E-state index in [1.165, 1.54) is 0 Å². The third-order valence-corrected chi connectivity index (χ3v) is 2.48. The standard InChI is InChI=1S/C13H19NO2/c1-2-3-9-13(16)14-12(10-15)11-7-5-4-6-8-11/h4-8,12,15H,2-3,9-10H2,1H3,(H,14,16)/t12-/m0/s1. The third-order valence-electron chi connectivity index (χ3n) is 2.48. The number of carbonyl (C=O) groups is 1. The van der Waals surface area contributed by atoms with Crippen molar-refractivity contribution in [1.82, 2.24) is 5.32 Å². The lowest BCUT2D eigenvalue weighted by Gasteiger charge is -2.16. The maximum atomic E-state index is 11.5. The Kier molecular flexibility index (Phi) is 5.57. The molecule has 0 aliphatic heterocycles. The number of amides is 1. The summed E-state index contributed by atoms with van der Waals surface area (Å²) >= 11 is 0. The fraction of sp³-hybridized carbons (Fsp3) is 0.462. The van der Waals surface area contributed by atoms with Gasteiger partial charge in [0.05, 0.1) is 12.6 Å². The van der Waals surface area contributed by atoms with E-state index in [1.54, 1.807) is 0 Å². The molecule has 1 rings (SSSR count). The molecule has 0 radical (unpaired) electrons. The first-order chi connectivity index (χ1) is 7.77. The van der Waals surface area contributed by atoms with Crippen LogP contribution in [0.4, 0.5) is 0 Å². The second-order valence-corrected chi connectivity index (χ2v) is 3.82. The summed E-state index contributed by atoms with van der Waals surface area (Å²) in [4.78, 5) is 11.5. The average molecular weight is 221 g/mol. The van der Waals surface area contributed by atoms with E-state index in [4.69, 9.17) is 0 Å². The normalized spacial score (nSPS) is 12.1. The average Bonchev–Trinajstić information content (AvgIpc) is 2.34. The van der Waals surface area contributed by atoms with Crippen LogP contribution in [0.2, 0.25) is 0 Å². The lowest BCUT2D eigenvalue weighted by molar-refractivity contribution is -0.122. The predicted molar refractivity (Wildman–Crippen MR) is 63.9 cm³/mol. The van der Waals surface area contributed by atoms with E-state index in [9.17, 15) is 9.90 Å². The SMILES string of the molecule is CCCCC(=O)N[C@@H](CO)c1ccccc1. The third kappa shape index (κ3) is 4.03. The molecule has 0 spiro atoms. The summed E-state index contributed by atoms with van der Waals surface area (Å²) in [5.41, 5.74) is 0.940. The minimum atomic E-state index is -0.287. The van der Waals surface area contributed by atoms with Crippen LogP contribution < -0.4 is 5.32 Å². The zero-order chi connectivity index (χ0) is 11.8. The monoisotopic (exact) mass is 221 g/mol. The lowest BCUT2D eigenvalue weighted by atomic mass is 10.1. The second kappa shape index (κ2) is 7.01. The number of hydrogen-bond donors (Lipinski definition) is 2. The number of aliphatic hydroxyl groups is 1. The van der Waals surface area contributed by atoms with Crippen LogP contribution in [0.5, 0.6) is 0 Å². The van der Waals surface area contributed by atoms with Crippen LogP contribution >= 0.6 is 0 Å². The summed E-state index contributed by atoms with van der Waals surface area (Å²) in [6, 6.07) is 9.23. The first-order valence-corrected chi connectivity index (χ1v) is 5.73. The molecule has 3 nitrogen and oxygen atoms in total. The van der Waals surface area contributed by atoms with Crippen molar-refractivity contribution in [3.05, 3.63) is 35.9 Å². The van der Waals surface area contributed by atoms with Gasteiger partial charge in [-0.3, -0.25) is 4.79 Å². The highest BCUT2D eigenvalue weighted by atomic mass is 16.3. The molecule has 0 saturated carbocycles. The molecule has 2 N–H and O–H groups in total. The van der Waals surface area contributed by atoms with Crippen molar-refractivity contribution >= 4 is 5.91 Å². The smallest absolute Gasteiger partial charge is 0.220 e. The molecule has 0 heterocycles. The minimum Gasteiger partial charge on any atom is -0.394 e. The van der Waals surface area contributed by atoms with E-state index < -0.39 is 0 Å². The van der Waals surface area contributed by atoms with Crippen LogP contribution in [0, 0.1) is 0 Å². The van der Waals surface area contributed by atoms with Crippen LogP contribution in [-0.4, -0.2) is 17.6 Å². The van der Waals surface area contributed by atoms with Crippen LogP contribution in [0.15, 0.2) is 30.3 Å². The van der Waals surface area contributed by atoms with Crippen molar-refractivity contribution in [3.63, 3.8) is 0 Å². The molecule has 0 bridgehead atoms. The molecule has 16 heavy (non-hydrogen) atoms. The Bertz CT molecular complexity index is 311. The number of rotatable bonds is 6. The molecular weight excluding hydrogens is 202 g/mol. The Morgan fingerprint density at radius 3 is 2.62 bits per heavy atom. The van der Waals surface area contributed by atoms with Gasteiger partial charge in [-0.15, -0.1) is 0 Å². The summed E-state index contributed by atoms with van der Waals surface area (Å²) in [5, 5.41) is 12.1. The Balaban J connectivity index is 2.52. The van der Waals surface area contributed by atoms with Gasteiger partial charge in [0.1, 0.15) is 0 Å². The summed E-state index contributed by atoms with van der Waals surface area (Å²) in [5.74, 6) is 0.00440. The molecule has 88 valence electrons. The van der Waals surface area contributed by atoms with E-state index >= 15 is 0 Å². The zero-order valence-electron chi connectivity index (χ0n) is 9.65. The first-order valence-electron chi connectivity index (χ1n) is 5.73. The molecule has 1 amide bonds. The number of hydrogen-bond acceptors (Lipinski definition) is 2. The van der Waals surface area contributed by atoms with E-state index in [1.807, 2.05) is 37.3 Å². The summed E-state index contributed by atoms with van der Waals surface area (Å²) in [6.45, 7) is 1.98. The van der Waals surface area contributed by atoms with Gasteiger partial charge in [0.2, 0.25) is 5.91 Å². The fourth-order valence-corrected chi connectivity index (χ4v) is 1.52. The highest BCUT2D eigenvalue weighted by Crippen LogP contribution is 2.11. The van der Waals surface area contributed by atoms with Gasteiger partial charge in [-0.1, -0.05) is 43.7 Å². The van der Waals surface area contributed by atoms with Crippen molar-refractivity contribution < 1.29 is 9.90 Å². The lowest BCUT2D eigenvalue weighted by Crippen LogP contribution is -2.30. The van der Waals surface area contributed by atoms with Crippen LogP contribution in [0.3, 0.4) is 0 Å². The van der Waals surface area contributed by atoms with Crippen molar-refractivity contribution in [2.75, 3.05) is 6.61 Å². The Morgan fingerprint density at radius 1 is 1.38 bits per heavy atom. The summed E-state index contributed by atoms with van der Waals surface area (Å²) in [6.07, 6.45) is 2.42. The Morgan fingerprint density at radius 2 is 2.06 bits per heavy atom. The molecule has 1 aromatic carbocycles. The first kappa shape index (κ1) is 12.7. The zero-order valence-corrected chi connectivity index (χ0v) is 9.65. The molecule has 0 aliphatic carbocycles. The van der Waals surface area contributed by atoms with Gasteiger partial charge in [-0.05, 0) is 12.0 Å².